The molecular formula is C30H31F7N2O3. The number of hydrogen-bond acceptors (Lipinski definition) is 3. The largest absolute Gasteiger partial charge is 0.416 e. The van der Waals surface area contributed by atoms with E-state index in [1.54, 1.807) is 9.80 Å². The Morgan fingerprint density at radius 2 is 1.52 bits per heavy atom. The Morgan fingerprint density at radius 3 is 2.10 bits per heavy atom. The second kappa shape index (κ2) is 11.5. The van der Waals surface area contributed by atoms with Crippen molar-refractivity contribution in [3.05, 3.63) is 70.5 Å². The molecule has 3 fully saturated rings. The average molecular weight is 601 g/mol. The molecule has 5 rings (SSSR count). The van der Waals surface area contributed by atoms with Crippen LogP contribution in [0.4, 0.5) is 30.7 Å². The number of hydrogen-bond donors (Lipinski definition) is 0. The Labute approximate surface area is 238 Å². The lowest BCUT2D eigenvalue weighted by molar-refractivity contribution is -0.147. The van der Waals surface area contributed by atoms with E-state index >= 15 is 0 Å². The van der Waals surface area contributed by atoms with Gasteiger partial charge in [-0.05, 0) is 74.1 Å². The molecule has 2 unspecified atom stereocenters. The van der Waals surface area contributed by atoms with Crippen LogP contribution in [0.25, 0.3) is 0 Å². The predicted octanol–water partition coefficient (Wildman–Crippen LogP) is 6.73. The van der Waals surface area contributed by atoms with Crippen LogP contribution in [0.5, 0.6) is 0 Å². The van der Waals surface area contributed by atoms with E-state index in [2.05, 4.69) is 0 Å². The number of rotatable bonds is 5. The predicted molar refractivity (Wildman–Crippen MR) is 138 cm³/mol. The molecule has 2 amide bonds. The van der Waals surface area contributed by atoms with E-state index in [1.807, 2.05) is 0 Å². The summed E-state index contributed by atoms with van der Waals surface area (Å²) in [4.78, 5) is 30.0. The Hall–Kier alpha value is -3.15. The highest BCUT2D eigenvalue weighted by Gasteiger charge is 2.51. The fraction of sp³-hybridized carbons (Fsp3) is 0.533. The van der Waals surface area contributed by atoms with Crippen LogP contribution >= 0.6 is 0 Å². The van der Waals surface area contributed by atoms with Gasteiger partial charge in [0.05, 0.1) is 23.3 Å². The highest BCUT2D eigenvalue weighted by atomic mass is 19.4. The Balaban J connectivity index is 1.45. The number of carbonyl (C=O) groups is 2. The molecule has 2 aromatic carbocycles. The summed E-state index contributed by atoms with van der Waals surface area (Å²) in [6.07, 6.45) is -8.92. The van der Waals surface area contributed by atoms with Crippen molar-refractivity contribution in [3.63, 3.8) is 0 Å². The summed E-state index contributed by atoms with van der Waals surface area (Å²) >= 11 is 0. The minimum absolute atomic E-state index is 0.00676. The lowest BCUT2D eigenvalue weighted by Gasteiger charge is -2.39. The third kappa shape index (κ3) is 6.28. The third-order valence-corrected chi connectivity index (χ3v) is 8.59. The van der Waals surface area contributed by atoms with Gasteiger partial charge in [-0.15, -0.1) is 0 Å². The van der Waals surface area contributed by atoms with Crippen LogP contribution in [-0.2, 0) is 26.7 Å². The molecule has 0 radical (unpaired) electrons. The first-order chi connectivity index (χ1) is 19.7. The normalized spacial score (nSPS) is 25.9. The van der Waals surface area contributed by atoms with Gasteiger partial charge in [0.2, 0.25) is 11.8 Å². The number of nitrogens with zero attached hydrogens (tertiary/aromatic N) is 2. The second-order valence-corrected chi connectivity index (χ2v) is 11.4. The Kier molecular flexibility index (Phi) is 8.30. The lowest BCUT2D eigenvalue weighted by Crippen LogP contribution is -2.49. The SMILES string of the molecule is C[C@@H](O[C@H]1CN2C(=O)CC(C(=O)N3CCCCC3)C[C@H]2C1c1ccc(F)cc1)c1cc(C(F)(F)F)cc(C(F)(F)F)c1. The lowest BCUT2D eigenvalue weighted by atomic mass is 9.81. The monoisotopic (exact) mass is 600 g/mol. The zero-order valence-electron chi connectivity index (χ0n) is 22.8. The molecule has 0 N–H and O–H groups in total. The number of benzene rings is 2. The van der Waals surface area contributed by atoms with Crippen LogP contribution in [-0.4, -0.2) is 53.4 Å². The standard InChI is InChI=1S/C30H31F7N2O3/c1-17(19-11-21(29(32,33)34)15-22(12-19)30(35,36)37)42-25-16-39-24(27(25)18-5-7-23(31)8-6-18)13-20(14-26(39)40)28(41)38-9-3-2-4-10-38/h5-8,11-12,15,17,20,24-25,27H,2-4,9-10,13-14,16H2,1H3/t17-,20?,24+,25+,27?/m1/s1. The van der Waals surface area contributed by atoms with Crippen molar-refractivity contribution in [3.8, 4) is 0 Å². The molecule has 12 heteroatoms. The van der Waals surface area contributed by atoms with Crippen molar-refractivity contribution in [1.82, 2.24) is 9.80 Å². The van der Waals surface area contributed by atoms with Gasteiger partial charge in [0.25, 0.3) is 0 Å². The topological polar surface area (TPSA) is 49.9 Å². The van der Waals surface area contributed by atoms with E-state index in [0.717, 1.165) is 19.3 Å². The maximum Gasteiger partial charge on any atom is 0.416 e. The third-order valence-electron chi connectivity index (χ3n) is 8.59. The van der Waals surface area contributed by atoms with E-state index in [9.17, 15) is 40.3 Å². The zero-order chi connectivity index (χ0) is 30.4. The van der Waals surface area contributed by atoms with Crippen LogP contribution in [0.1, 0.15) is 73.3 Å². The van der Waals surface area contributed by atoms with Gasteiger partial charge < -0.3 is 14.5 Å². The molecule has 228 valence electrons. The molecule has 3 aliphatic heterocycles. The molecule has 5 atom stereocenters. The summed E-state index contributed by atoms with van der Waals surface area (Å²) in [6, 6.07) is 6.34. The molecule has 0 spiro atoms. The molecule has 3 saturated heterocycles. The molecule has 2 aromatic rings. The number of ether oxygens (including phenoxy) is 1. The van der Waals surface area contributed by atoms with Gasteiger partial charge in [-0.2, -0.15) is 26.3 Å². The molecule has 0 bridgehead atoms. The molecule has 0 aromatic heterocycles. The Bertz CT molecular complexity index is 1270. The molecule has 42 heavy (non-hydrogen) atoms. The first-order valence-corrected chi connectivity index (χ1v) is 14.0. The maximum absolute atomic E-state index is 13.8. The van der Waals surface area contributed by atoms with Gasteiger partial charge >= 0.3 is 12.4 Å². The summed E-state index contributed by atoms with van der Waals surface area (Å²) < 4.78 is 101. The van der Waals surface area contributed by atoms with Crippen molar-refractivity contribution in [2.75, 3.05) is 19.6 Å². The summed E-state index contributed by atoms with van der Waals surface area (Å²) in [5, 5.41) is 0. The minimum Gasteiger partial charge on any atom is -0.368 e. The number of carbonyl (C=O) groups excluding carboxylic acids is 2. The van der Waals surface area contributed by atoms with Crippen molar-refractivity contribution in [2.45, 2.75) is 75.5 Å². The summed E-state index contributed by atoms with van der Waals surface area (Å²) in [5.41, 5.74) is -2.61. The van der Waals surface area contributed by atoms with Crippen LogP contribution in [0.2, 0.25) is 0 Å². The number of amides is 2. The van der Waals surface area contributed by atoms with Crippen LogP contribution < -0.4 is 0 Å². The van der Waals surface area contributed by atoms with E-state index < -0.39 is 59.4 Å². The van der Waals surface area contributed by atoms with E-state index in [0.29, 0.717) is 37.2 Å². The molecule has 0 saturated carbocycles. The summed E-state index contributed by atoms with van der Waals surface area (Å²) in [6.45, 7) is 2.64. The minimum atomic E-state index is -5.01. The highest BCUT2D eigenvalue weighted by Crippen LogP contribution is 2.45. The maximum atomic E-state index is 13.8. The first kappa shape index (κ1) is 30.3. The zero-order valence-corrected chi connectivity index (χ0v) is 22.8. The molecule has 3 aliphatic rings. The molecular weight excluding hydrogens is 569 g/mol. The highest BCUT2D eigenvalue weighted by molar-refractivity contribution is 5.87. The summed E-state index contributed by atoms with van der Waals surface area (Å²) in [7, 11) is 0. The van der Waals surface area contributed by atoms with Crippen LogP contribution in [0, 0.1) is 11.7 Å². The van der Waals surface area contributed by atoms with Gasteiger partial charge in [-0.25, -0.2) is 4.39 Å². The molecule has 3 heterocycles. The van der Waals surface area contributed by atoms with Crippen molar-refractivity contribution < 1.29 is 45.1 Å². The number of likely N-dealkylation sites (tertiary alicyclic amines) is 1. The van der Waals surface area contributed by atoms with Crippen LogP contribution in [0.15, 0.2) is 42.5 Å². The van der Waals surface area contributed by atoms with Crippen molar-refractivity contribution in [1.29, 1.82) is 0 Å². The smallest absolute Gasteiger partial charge is 0.368 e. The van der Waals surface area contributed by atoms with Gasteiger partial charge in [0.1, 0.15) is 5.82 Å². The quantitative estimate of drug-likeness (QED) is 0.358. The van der Waals surface area contributed by atoms with Crippen molar-refractivity contribution >= 4 is 11.8 Å². The van der Waals surface area contributed by atoms with Gasteiger partial charge in [-0.3, -0.25) is 9.59 Å². The number of piperidine rings is 2. The van der Waals surface area contributed by atoms with E-state index in [4.69, 9.17) is 4.74 Å². The second-order valence-electron chi connectivity index (χ2n) is 11.4. The number of alkyl halides is 6. The van der Waals surface area contributed by atoms with Crippen LogP contribution in [0.3, 0.4) is 0 Å². The van der Waals surface area contributed by atoms with Gasteiger partial charge in [-0.1, -0.05) is 12.1 Å². The molecule has 5 nitrogen and oxygen atoms in total. The van der Waals surface area contributed by atoms with Crippen molar-refractivity contribution in [2.24, 2.45) is 5.92 Å². The number of halogens is 7. The van der Waals surface area contributed by atoms with E-state index in [1.165, 1.54) is 31.2 Å². The molecule has 0 aliphatic carbocycles. The van der Waals surface area contributed by atoms with Gasteiger partial charge in [0.15, 0.2) is 0 Å². The average Bonchev–Trinajstić information content (AvgIpc) is 3.30. The first-order valence-electron chi connectivity index (χ1n) is 14.0. The summed E-state index contributed by atoms with van der Waals surface area (Å²) in [5.74, 6) is -2.01. The van der Waals surface area contributed by atoms with Gasteiger partial charge in [0, 0.05) is 43.9 Å². The Morgan fingerprint density at radius 1 is 0.929 bits per heavy atom. The van der Waals surface area contributed by atoms with E-state index in [-0.39, 0.29) is 36.4 Å². The number of fused-ring (bicyclic) bond motifs is 1. The fourth-order valence-corrected chi connectivity index (χ4v) is 6.51. The fourth-order valence-electron chi connectivity index (χ4n) is 6.51.